The first kappa shape index (κ1) is 29.5. The normalized spacial score (nSPS) is 15.9. The largest absolute Gasteiger partial charge is 0.450 e. The Hall–Kier alpha value is -1.54. The van der Waals surface area contributed by atoms with Gasteiger partial charge in [-0.15, -0.1) is 0 Å². The van der Waals surface area contributed by atoms with Crippen LogP contribution in [-0.2, 0) is 20.2 Å². The van der Waals surface area contributed by atoms with E-state index in [9.17, 15) is 43.2 Å². The van der Waals surface area contributed by atoms with Gasteiger partial charge in [-0.05, 0) is 40.9 Å². The van der Waals surface area contributed by atoms with Crippen molar-refractivity contribution in [1.82, 2.24) is 0 Å². The number of hydrogen-bond acceptors (Lipinski definition) is 5. The summed E-state index contributed by atoms with van der Waals surface area (Å²) >= 11 is 0. The van der Waals surface area contributed by atoms with Crippen LogP contribution in [0, 0.1) is 10.8 Å². The lowest BCUT2D eigenvalue weighted by Gasteiger charge is -2.36. The molecule has 0 heterocycles. The molecule has 0 aliphatic carbocycles. The number of halogens is 6. The topological polar surface area (TPSA) is 97.7 Å². The summed E-state index contributed by atoms with van der Waals surface area (Å²) < 4.78 is 138. The Morgan fingerprint density at radius 1 is 0.818 bits per heavy atom. The highest BCUT2D eigenvalue weighted by atomic mass is 32.2. The Bertz CT molecular complexity index is 1050. The molecule has 0 bridgehead atoms. The van der Waals surface area contributed by atoms with Gasteiger partial charge in [-0.2, -0.15) is 43.2 Å². The van der Waals surface area contributed by atoms with Crippen LogP contribution in [0.15, 0.2) is 24.3 Å². The summed E-state index contributed by atoms with van der Waals surface area (Å²) in [5.74, 6) is -8.05. The molecule has 14 heteroatoms. The maximum Gasteiger partial charge on any atom is 0.450 e. The van der Waals surface area contributed by atoms with Crippen LogP contribution in [0.1, 0.15) is 59.4 Å². The van der Waals surface area contributed by atoms with Gasteiger partial charge in [0.05, 0.1) is 0 Å². The third kappa shape index (κ3) is 5.94. The van der Waals surface area contributed by atoms with Crippen LogP contribution in [-0.4, -0.2) is 37.8 Å². The van der Waals surface area contributed by atoms with Crippen molar-refractivity contribution < 1.29 is 51.9 Å². The Kier molecular flexibility index (Phi) is 7.68. The second-order valence-corrected chi connectivity index (χ2v) is 12.9. The minimum atomic E-state index is -7.10. The molecular formula is C19H26F6O6S2. The molecule has 0 aliphatic rings. The summed E-state index contributed by atoms with van der Waals surface area (Å²) in [6.45, 7) is 11.8. The van der Waals surface area contributed by atoms with Crippen LogP contribution in [0.5, 0.6) is 5.75 Å². The van der Waals surface area contributed by atoms with Crippen molar-refractivity contribution in [3.05, 3.63) is 29.8 Å². The van der Waals surface area contributed by atoms with E-state index in [2.05, 4.69) is 4.18 Å². The molecular weight excluding hydrogens is 502 g/mol. The zero-order valence-electron chi connectivity index (χ0n) is 18.7. The van der Waals surface area contributed by atoms with Gasteiger partial charge in [0, 0.05) is 0 Å². The van der Waals surface area contributed by atoms with Gasteiger partial charge in [-0.1, -0.05) is 53.7 Å². The van der Waals surface area contributed by atoms with Gasteiger partial charge in [-0.25, -0.2) is 0 Å². The van der Waals surface area contributed by atoms with Crippen LogP contribution in [0.2, 0.25) is 0 Å². The summed E-state index contributed by atoms with van der Waals surface area (Å²) in [5.41, 5.74) is 0.248. The summed E-state index contributed by atoms with van der Waals surface area (Å²) in [6, 6.07) is 4.39. The van der Waals surface area contributed by atoms with Crippen molar-refractivity contribution in [2.75, 3.05) is 0 Å². The van der Waals surface area contributed by atoms with Crippen molar-refractivity contribution in [3.63, 3.8) is 0 Å². The fraction of sp³-hybridized carbons (Fsp3) is 0.684. The monoisotopic (exact) mass is 528 g/mol. The molecule has 0 aliphatic heterocycles. The van der Waals surface area contributed by atoms with Crippen molar-refractivity contribution in [2.24, 2.45) is 10.8 Å². The fourth-order valence-corrected chi connectivity index (χ4v) is 4.39. The predicted octanol–water partition coefficient (Wildman–Crippen LogP) is 5.67. The minimum Gasteiger partial charge on any atom is -0.378 e. The first-order valence-corrected chi connectivity index (χ1v) is 12.3. The lowest BCUT2D eigenvalue weighted by atomic mass is 9.69. The molecule has 0 radical (unpaired) electrons. The highest BCUT2D eigenvalue weighted by molar-refractivity contribution is 7.88. The molecule has 1 rings (SSSR count). The molecule has 0 spiro atoms. The van der Waals surface area contributed by atoms with Crippen LogP contribution >= 0.6 is 0 Å². The smallest absolute Gasteiger partial charge is 0.378 e. The van der Waals surface area contributed by atoms with Gasteiger partial charge in [0.25, 0.3) is 0 Å². The molecule has 1 atom stereocenters. The SMILES string of the molecule is CC(C)(C)CC(c1ccc(OS(=O)(=O)C(F)(F)C(F)(F)C(F)(F)S(=O)(=O)O)cc1)C(C)(C)C. The molecule has 1 aromatic rings. The number of rotatable bonds is 8. The van der Waals surface area contributed by atoms with Gasteiger partial charge in [0.15, 0.2) is 0 Å². The summed E-state index contributed by atoms with van der Waals surface area (Å²) in [7, 11) is -13.9. The van der Waals surface area contributed by atoms with Crippen molar-refractivity contribution >= 4 is 20.2 Å². The number of hydrogen-bond donors (Lipinski definition) is 1. The zero-order chi connectivity index (χ0) is 26.5. The molecule has 0 saturated carbocycles. The van der Waals surface area contributed by atoms with E-state index in [0.717, 1.165) is 12.1 Å². The van der Waals surface area contributed by atoms with Crippen LogP contribution in [0.4, 0.5) is 26.3 Å². The highest BCUT2D eigenvalue weighted by Crippen LogP contribution is 2.51. The Balaban J connectivity index is 3.34. The zero-order valence-corrected chi connectivity index (χ0v) is 20.3. The van der Waals surface area contributed by atoms with Crippen molar-refractivity contribution in [2.45, 2.75) is 70.3 Å². The van der Waals surface area contributed by atoms with Gasteiger partial charge >= 0.3 is 36.7 Å². The van der Waals surface area contributed by atoms with E-state index < -0.39 is 42.4 Å². The maximum absolute atomic E-state index is 13.9. The third-order valence-electron chi connectivity index (χ3n) is 4.72. The molecule has 1 unspecified atom stereocenters. The Morgan fingerprint density at radius 2 is 1.24 bits per heavy atom. The first-order chi connectivity index (χ1) is 14.3. The molecule has 6 nitrogen and oxygen atoms in total. The molecule has 0 amide bonds. The third-order valence-corrected chi connectivity index (χ3v) is 6.92. The van der Waals surface area contributed by atoms with Gasteiger partial charge < -0.3 is 4.18 Å². The quantitative estimate of drug-likeness (QED) is 0.265. The van der Waals surface area contributed by atoms with Crippen molar-refractivity contribution in [3.8, 4) is 5.75 Å². The lowest BCUT2D eigenvalue weighted by molar-refractivity contribution is -0.247. The standard InChI is InChI=1S/C19H26F6O6S2/c1-15(2,3)11-14(16(4,5)6)12-7-9-13(10-8-12)31-33(29,30)19(24,25)17(20,21)18(22,23)32(26,27)28/h7-10,14H,11H2,1-6H3,(H,26,27,28). The van der Waals surface area contributed by atoms with E-state index >= 15 is 0 Å². The molecule has 192 valence electrons. The Morgan fingerprint density at radius 3 is 1.58 bits per heavy atom. The number of alkyl halides is 6. The van der Waals surface area contributed by atoms with E-state index in [1.807, 2.05) is 41.5 Å². The number of benzene rings is 1. The summed E-state index contributed by atoms with van der Waals surface area (Å²) in [5, 5.41) is -13.5. The van der Waals surface area contributed by atoms with Gasteiger partial charge in [0.2, 0.25) is 0 Å². The first-order valence-electron chi connectivity index (χ1n) is 9.42. The van der Waals surface area contributed by atoms with E-state index in [0.29, 0.717) is 12.0 Å². The van der Waals surface area contributed by atoms with E-state index in [4.69, 9.17) is 4.55 Å². The van der Waals surface area contributed by atoms with Crippen LogP contribution in [0.3, 0.4) is 0 Å². The molecule has 1 N–H and O–H groups in total. The van der Waals surface area contributed by atoms with Crippen LogP contribution < -0.4 is 4.18 Å². The maximum atomic E-state index is 13.9. The van der Waals surface area contributed by atoms with E-state index in [-0.39, 0.29) is 16.7 Å². The molecule has 0 fully saturated rings. The van der Waals surface area contributed by atoms with Gasteiger partial charge in [-0.3, -0.25) is 4.55 Å². The summed E-state index contributed by atoms with van der Waals surface area (Å²) in [6.07, 6.45) is 0.671. The molecule has 1 aromatic carbocycles. The van der Waals surface area contributed by atoms with Crippen molar-refractivity contribution in [1.29, 1.82) is 0 Å². The lowest BCUT2D eigenvalue weighted by Crippen LogP contribution is -2.61. The predicted molar refractivity (Wildman–Crippen MR) is 109 cm³/mol. The fourth-order valence-electron chi connectivity index (χ4n) is 2.96. The van der Waals surface area contributed by atoms with Crippen LogP contribution in [0.25, 0.3) is 0 Å². The van der Waals surface area contributed by atoms with Gasteiger partial charge in [0.1, 0.15) is 5.75 Å². The van der Waals surface area contributed by atoms with E-state index in [1.165, 1.54) is 12.1 Å². The summed E-state index contributed by atoms with van der Waals surface area (Å²) in [4.78, 5) is 0. The second kappa shape index (κ2) is 8.59. The minimum absolute atomic E-state index is 0.0950. The molecule has 0 aromatic heterocycles. The second-order valence-electron chi connectivity index (χ2n) is 9.87. The van der Waals surface area contributed by atoms with E-state index in [1.54, 1.807) is 0 Å². The highest BCUT2D eigenvalue weighted by Gasteiger charge is 2.83. The average Bonchev–Trinajstić information content (AvgIpc) is 2.57. The average molecular weight is 529 g/mol. The molecule has 33 heavy (non-hydrogen) atoms. The molecule has 0 saturated heterocycles. The Labute approximate surface area is 189 Å².